The molecule has 0 spiro atoms. The van der Waals surface area contributed by atoms with E-state index in [2.05, 4.69) is 51.3 Å². The van der Waals surface area contributed by atoms with E-state index < -0.39 is 0 Å². The van der Waals surface area contributed by atoms with Gasteiger partial charge in [-0.05, 0) is 42.6 Å². The lowest BCUT2D eigenvalue weighted by Gasteiger charge is -2.39. The van der Waals surface area contributed by atoms with Crippen LogP contribution >= 0.6 is 0 Å². The van der Waals surface area contributed by atoms with Crippen LogP contribution in [0.5, 0.6) is 0 Å². The molecule has 0 saturated carbocycles. The summed E-state index contributed by atoms with van der Waals surface area (Å²) in [4.78, 5) is 21.8. The molecule has 25 heavy (non-hydrogen) atoms. The minimum absolute atomic E-state index is 0.0702. The average Bonchev–Trinajstić information content (AvgIpc) is 3.11. The molecule has 5 nitrogen and oxygen atoms in total. The van der Waals surface area contributed by atoms with Crippen LogP contribution < -0.4 is 5.73 Å². The smallest absolute Gasteiger partial charge is 0.220 e. The largest absolute Gasteiger partial charge is 0.369 e. The van der Waals surface area contributed by atoms with E-state index >= 15 is 0 Å². The molecule has 1 fully saturated rings. The van der Waals surface area contributed by atoms with Crippen LogP contribution in [0.3, 0.4) is 0 Å². The van der Waals surface area contributed by atoms with E-state index in [0.29, 0.717) is 0 Å². The second kappa shape index (κ2) is 6.69. The molecule has 0 radical (unpaired) electrons. The minimum atomic E-state index is -0.191. The van der Waals surface area contributed by atoms with E-state index in [0.717, 1.165) is 37.0 Å². The maximum atomic E-state index is 11.8. The number of fused-ring (bicyclic) bond motifs is 1. The molecule has 1 saturated heterocycles. The number of rotatable bonds is 4. The van der Waals surface area contributed by atoms with Crippen molar-refractivity contribution < 1.29 is 4.79 Å². The highest BCUT2D eigenvalue weighted by Gasteiger charge is 2.33. The standard InChI is InChI=1S/C20H22N4O/c21-19(25)15-8-11-24(13-14-4-2-1-3-5-14)18(12-15)16-6-9-22-20-17(16)7-10-23-20/h1-7,9-10,15,18H,8,11-13H2,(H2,21,25)(H,22,23). The summed E-state index contributed by atoms with van der Waals surface area (Å²) in [7, 11) is 0. The third-order valence-electron chi connectivity index (χ3n) is 5.20. The number of hydrogen-bond donors (Lipinski definition) is 2. The van der Waals surface area contributed by atoms with Gasteiger partial charge < -0.3 is 10.7 Å². The molecular formula is C20H22N4O. The first-order valence-electron chi connectivity index (χ1n) is 8.71. The third kappa shape index (κ3) is 3.15. The number of aromatic amines is 1. The molecule has 1 aliphatic rings. The molecule has 2 aromatic heterocycles. The Hall–Kier alpha value is -2.66. The number of likely N-dealkylation sites (tertiary alicyclic amines) is 1. The molecule has 1 aliphatic heterocycles. The van der Waals surface area contributed by atoms with Crippen molar-refractivity contribution in [3.8, 4) is 0 Å². The fourth-order valence-electron chi connectivity index (χ4n) is 3.88. The quantitative estimate of drug-likeness (QED) is 0.770. The molecule has 1 aromatic carbocycles. The van der Waals surface area contributed by atoms with Crippen molar-refractivity contribution in [2.75, 3.05) is 6.54 Å². The van der Waals surface area contributed by atoms with Crippen molar-refractivity contribution in [3.63, 3.8) is 0 Å². The number of nitrogens with one attached hydrogen (secondary N) is 1. The Labute approximate surface area is 146 Å². The highest BCUT2D eigenvalue weighted by molar-refractivity contribution is 5.80. The van der Waals surface area contributed by atoms with Gasteiger partial charge in [0.05, 0.1) is 0 Å². The van der Waals surface area contributed by atoms with Crippen molar-refractivity contribution in [2.24, 2.45) is 11.7 Å². The predicted octanol–water partition coefficient (Wildman–Crippen LogP) is 3.00. The molecule has 2 unspecified atom stereocenters. The van der Waals surface area contributed by atoms with E-state index in [1.807, 2.05) is 18.5 Å². The number of pyridine rings is 1. The van der Waals surface area contributed by atoms with Gasteiger partial charge in [0.2, 0.25) is 5.91 Å². The van der Waals surface area contributed by atoms with Crippen LogP contribution in [-0.4, -0.2) is 27.3 Å². The van der Waals surface area contributed by atoms with Crippen LogP contribution in [0, 0.1) is 5.92 Å². The normalized spacial score (nSPS) is 21.4. The molecule has 4 rings (SSSR count). The summed E-state index contributed by atoms with van der Waals surface area (Å²) < 4.78 is 0. The molecule has 1 amide bonds. The van der Waals surface area contributed by atoms with Gasteiger partial charge in [-0.1, -0.05) is 30.3 Å². The van der Waals surface area contributed by atoms with Crippen molar-refractivity contribution in [2.45, 2.75) is 25.4 Å². The summed E-state index contributed by atoms with van der Waals surface area (Å²) in [5.74, 6) is -0.261. The molecule has 0 bridgehead atoms. The lowest BCUT2D eigenvalue weighted by atomic mass is 9.85. The third-order valence-corrected chi connectivity index (χ3v) is 5.20. The van der Waals surface area contributed by atoms with E-state index in [9.17, 15) is 4.79 Å². The van der Waals surface area contributed by atoms with Crippen LogP contribution in [0.15, 0.2) is 54.9 Å². The highest BCUT2D eigenvalue weighted by Crippen LogP contribution is 2.37. The van der Waals surface area contributed by atoms with Gasteiger partial charge in [-0.15, -0.1) is 0 Å². The number of hydrogen-bond acceptors (Lipinski definition) is 3. The maximum absolute atomic E-state index is 11.8. The van der Waals surface area contributed by atoms with Crippen molar-refractivity contribution in [3.05, 3.63) is 66.0 Å². The van der Waals surface area contributed by atoms with Gasteiger partial charge in [0.15, 0.2) is 0 Å². The Morgan fingerprint density at radius 2 is 2.08 bits per heavy atom. The van der Waals surface area contributed by atoms with Crippen LogP contribution in [0.4, 0.5) is 0 Å². The Morgan fingerprint density at radius 3 is 2.88 bits per heavy atom. The molecule has 5 heteroatoms. The van der Waals surface area contributed by atoms with E-state index in [-0.39, 0.29) is 17.9 Å². The fraction of sp³-hybridized carbons (Fsp3) is 0.300. The maximum Gasteiger partial charge on any atom is 0.220 e. The van der Waals surface area contributed by atoms with Crippen molar-refractivity contribution >= 4 is 16.9 Å². The Balaban J connectivity index is 1.70. The van der Waals surface area contributed by atoms with Crippen LogP contribution in [0.1, 0.15) is 30.0 Å². The first kappa shape index (κ1) is 15.8. The molecule has 3 N–H and O–H groups in total. The highest BCUT2D eigenvalue weighted by atomic mass is 16.1. The summed E-state index contributed by atoms with van der Waals surface area (Å²) in [6.07, 6.45) is 5.33. The van der Waals surface area contributed by atoms with E-state index in [4.69, 9.17) is 5.73 Å². The number of nitrogens with two attached hydrogens (primary N) is 1. The van der Waals surface area contributed by atoms with Gasteiger partial charge in [-0.25, -0.2) is 4.98 Å². The lowest BCUT2D eigenvalue weighted by Crippen LogP contribution is -2.40. The molecule has 3 heterocycles. The van der Waals surface area contributed by atoms with Gasteiger partial charge in [0.1, 0.15) is 5.65 Å². The van der Waals surface area contributed by atoms with E-state index in [1.165, 1.54) is 11.1 Å². The van der Waals surface area contributed by atoms with Crippen LogP contribution in [-0.2, 0) is 11.3 Å². The average molecular weight is 334 g/mol. The Kier molecular flexibility index (Phi) is 4.24. The zero-order valence-corrected chi connectivity index (χ0v) is 14.1. The van der Waals surface area contributed by atoms with Crippen molar-refractivity contribution in [1.29, 1.82) is 0 Å². The van der Waals surface area contributed by atoms with Crippen molar-refractivity contribution in [1.82, 2.24) is 14.9 Å². The second-order valence-electron chi connectivity index (χ2n) is 6.74. The van der Waals surface area contributed by atoms with E-state index in [1.54, 1.807) is 0 Å². The van der Waals surface area contributed by atoms with Crippen LogP contribution in [0.25, 0.3) is 11.0 Å². The van der Waals surface area contributed by atoms with Gasteiger partial charge in [0, 0.05) is 36.3 Å². The summed E-state index contributed by atoms with van der Waals surface area (Å²) in [6, 6.07) is 14.8. The van der Waals surface area contributed by atoms with Gasteiger partial charge in [-0.3, -0.25) is 9.69 Å². The SMILES string of the molecule is NC(=O)C1CCN(Cc2ccccc2)C(c2ccnc3[nH]ccc23)C1. The number of piperidine rings is 1. The monoisotopic (exact) mass is 334 g/mol. The van der Waals surface area contributed by atoms with Crippen LogP contribution in [0.2, 0.25) is 0 Å². The number of nitrogens with zero attached hydrogens (tertiary/aromatic N) is 2. The molecular weight excluding hydrogens is 312 g/mol. The zero-order valence-electron chi connectivity index (χ0n) is 14.1. The number of H-pyrrole nitrogens is 1. The topological polar surface area (TPSA) is 75.0 Å². The number of benzene rings is 1. The predicted molar refractivity (Wildman–Crippen MR) is 97.6 cm³/mol. The number of carbonyl (C=O) groups excluding carboxylic acids is 1. The minimum Gasteiger partial charge on any atom is -0.369 e. The summed E-state index contributed by atoms with van der Waals surface area (Å²) in [5.41, 5.74) is 9.01. The Bertz CT molecular complexity index is 874. The summed E-state index contributed by atoms with van der Waals surface area (Å²) in [6.45, 7) is 1.73. The number of amides is 1. The summed E-state index contributed by atoms with van der Waals surface area (Å²) in [5, 5.41) is 1.12. The van der Waals surface area contributed by atoms with Gasteiger partial charge in [0.25, 0.3) is 0 Å². The molecule has 128 valence electrons. The second-order valence-corrected chi connectivity index (χ2v) is 6.74. The molecule has 0 aliphatic carbocycles. The number of carbonyl (C=O) groups is 1. The fourth-order valence-corrected chi connectivity index (χ4v) is 3.88. The van der Waals surface area contributed by atoms with Gasteiger partial charge >= 0.3 is 0 Å². The first-order chi connectivity index (χ1) is 12.2. The first-order valence-corrected chi connectivity index (χ1v) is 8.71. The Morgan fingerprint density at radius 1 is 1.24 bits per heavy atom. The summed E-state index contributed by atoms with van der Waals surface area (Å²) >= 11 is 0. The lowest BCUT2D eigenvalue weighted by molar-refractivity contribution is -0.124. The molecule has 2 atom stereocenters. The number of aromatic nitrogens is 2. The molecule has 3 aromatic rings. The number of primary amides is 1. The van der Waals surface area contributed by atoms with Gasteiger partial charge in [-0.2, -0.15) is 0 Å². The zero-order chi connectivity index (χ0) is 17.2.